The Hall–Kier alpha value is -4.08. The van der Waals surface area contributed by atoms with Crippen LogP contribution in [0.4, 0.5) is 4.39 Å². The number of hydrogen-bond acceptors (Lipinski definition) is 4. The number of amides is 2. The van der Waals surface area contributed by atoms with Gasteiger partial charge in [-0.2, -0.15) is 4.31 Å². The van der Waals surface area contributed by atoms with Gasteiger partial charge in [0.15, 0.2) is 0 Å². The summed E-state index contributed by atoms with van der Waals surface area (Å²) in [6, 6.07) is 26.5. The fraction of sp³-hybridized carbons (Fsp3) is 0.273. The van der Waals surface area contributed by atoms with Gasteiger partial charge in [0.25, 0.3) is 0 Å². The van der Waals surface area contributed by atoms with Gasteiger partial charge in [0.1, 0.15) is 11.9 Å². The highest BCUT2D eigenvalue weighted by Crippen LogP contribution is 2.22. The lowest BCUT2D eigenvalue weighted by atomic mass is 10.0. The SMILES string of the molecule is CC(C)CNC(=O)[C@@H](Cc1ccccc1)N(Cc1ccccc1F)C(=O)CN(C)S(=O)(=O)c1ccc2ccccc2c1. The van der Waals surface area contributed by atoms with Gasteiger partial charge in [-0.05, 0) is 40.5 Å². The Balaban J connectivity index is 1.67. The van der Waals surface area contributed by atoms with E-state index in [4.69, 9.17) is 0 Å². The van der Waals surface area contributed by atoms with Crippen LogP contribution in [-0.2, 0) is 32.6 Å². The number of fused-ring (bicyclic) bond motifs is 1. The molecule has 0 unspecified atom stereocenters. The highest BCUT2D eigenvalue weighted by Gasteiger charge is 2.33. The molecule has 4 aromatic rings. The maximum Gasteiger partial charge on any atom is 0.243 e. The highest BCUT2D eigenvalue weighted by atomic mass is 32.2. The fourth-order valence-corrected chi connectivity index (χ4v) is 5.82. The maximum absolute atomic E-state index is 14.8. The van der Waals surface area contributed by atoms with Gasteiger partial charge in [-0.15, -0.1) is 0 Å². The van der Waals surface area contributed by atoms with Crippen molar-refractivity contribution >= 4 is 32.6 Å². The molecule has 1 atom stereocenters. The number of benzene rings is 4. The van der Waals surface area contributed by atoms with Crippen LogP contribution >= 0.6 is 0 Å². The van der Waals surface area contributed by atoms with E-state index in [0.29, 0.717) is 6.54 Å². The van der Waals surface area contributed by atoms with Crippen LogP contribution in [0, 0.1) is 11.7 Å². The monoisotopic (exact) mass is 589 g/mol. The summed E-state index contributed by atoms with van der Waals surface area (Å²) in [7, 11) is -2.73. The number of rotatable bonds is 12. The Morgan fingerprint density at radius 1 is 0.857 bits per heavy atom. The van der Waals surface area contributed by atoms with Gasteiger partial charge in [0.2, 0.25) is 21.8 Å². The predicted molar refractivity (Wildman–Crippen MR) is 162 cm³/mol. The van der Waals surface area contributed by atoms with Gasteiger partial charge in [-0.1, -0.05) is 92.7 Å². The van der Waals surface area contributed by atoms with E-state index in [-0.39, 0.29) is 29.3 Å². The van der Waals surface area contributed by atoms with Crippen molar-refractivity contribution in [1.29, 1.82) is 0 Å². The van der Waals surface area contributed by atoms with Crippen molar-refractivity contribution in [1.82, 2.24) is 14.5 Å². The van der Waals surface area contributed by atoms with Crippen LogP contribution in [0.1, 0.15) is 25.0 Å². The second-order valence-electron chi connectivity index (χ2n) is 10.7. The normalized spacial score (nSPS) is 12.4. The zero-order valence-electron chi connectivity index (χ0n) is 24.0. The van der Waals surface area contributed by atoms with Crippen LogP contribution < -0.4 is 5.32 Å². The molecular weight excluding hydrogens is 553 g/mol. The van der Waals surface area contributed by atoms with Crippen LogP contribution in [-0.4, -0.2) is 55.6 Å². The quantitative estimate of drug-likeness (QED) is 0.252. The summed E-state index contributed by atoms with van der Waals surface area (Å²) < 4.78 is 42.9. The van der Waals surface area contributed by atoms with Crippen LogP contribution in [0.25, 0.3) is 10.8 Å². The minimum Gasteiger partial charge on any atom is -0.354 e. The summed E-state index contributed by atoms with van der Waals surface area (Å²) in [5.41, 5.74) is 1.03. The molecule has 220 valence electrons. The fourth-order valence-electron chi connectivity index (χ4n) is 4.66. The topological polar surface area (TPSA) is 86.8 Å². The molecule has 0 aliphatic rings. The van der Waals surface area contributed by atoms with Crippen LogP contribution in [0.15, 0.2) is 102 Å². The standard InChI is InChI=1S/C33H36FN3O4S/c1-24(2)21-35-33(39)31(19-25-11-5-4-6-12-25)37(22-28-15-9-10-16-30(28)34)32(38)23-36(3)42(40,41)29-18-17-26-13-7-8-14-27(26)20-29/h4-18,20,24,31H,19,21-23H2,1-3H3,(H,35,39)/t31-/m1/s1. The summed E-state index contributed by atoms with van der Waals surface area (Å²) in [6.07, 6.45) is 0.173. The summed E-state index contributed by atoms with van der Waals surface area (Å²) >= 11 is 0. The predicted octanol–water partition coefficient (Wildman–Crippen LogP) is 5.01. The van der Waals surface area contributed by atoms with Crippen molar-refractivity contribution in [3.05, 3.63) is 114 Å². The van der Waals surface area contributed by atoms with E-state index >= 15 is 0 Å². The average molecular weight is 590 g/mol. The van der Waals surface area contributed by atoms with E-state index in [0.717, 1.165) is 20.6 Å². The zero-order valence-corrected chi connectivity index (χ0v) is 24.9. The molecule has 0 spiro atoms. The van der Waals surface area contributed by atoms with Gasteiger partial charge in [-0.25, -0.2) is 12.8 Å². The van der Waals surface area contributed by atoms with Gasteiger partial charge in [-0.3, -0.25) is 9.59 Å². The van der Waals surface area contributed by atoms with Gasteiger partial charge in [0, 0.05) is 32.1 Å². The zero-order chi connectivity index (χ0) is 30.3. The Morgan fingerprint density at radius 2 is 1.50 bits per heavy atom. The van der Waals surface area contributed by atoms with E-state index in [1.807, 2.05) is 68.4 Å². The lowest BCUT2D eigenvalue weighted by Crippen LogP contribution is -2.53. The van der Waals surface area contributed by atoms with Crippen LogP contribution in [0.3, 0.4) is 0 Å². The Labute approximate surface area is 247 Å². The summed E-state index contributed by atoms with van der Waals surface area (Å²) in [6.45, 7) is 3.57. The number of sulfonamides is 1. The number of carbonyl (C=O) groups excluding carboxylic acids is 2. The first-order valence-corrected chi connectivity index (χ1v) is 15.3. The first-order valence-electron chi connectivity index (χ1n) is 13.9. The number of halogens is 1. The number of hydrogen-bond donors (Lipinski definition) is 1. The largest absolute Gasteiger partial charge is 0.354 e. The lowest BCUT2D eigenvalue weighted by Gasteiger charge is -2.33. The molecule has 42 heavy (non-hydrogen) atoms. The Kier molecular flexibility index (Phi) is 10.1. The minimum atomic E-state index is -4.06. The highest BCUT2D eigenvalue weighted by molar-refractivity contribution is 7.89. The Morgan fingerprint density at radius 3 is 2.19 bits per heavy atom. The second-order valence-corrected chi connectivity index (χ2v) is 12.8. The number of carbonyl (C=O) groups is 2. The first kappa shape index (κ1) is 30.9. The molecule has 9 heteroatoms. The molecule has 0 saturated carbocycles. The molecule has 7 nitrogen and oxygen atoms in total. The third-order valence-corrected chi connectivity index (χ3v) is 8.84. The average Bonchev–Trinajstić information content (AvgIpc) is 2.98. The lowest BCUT2D eigenvalue weighted by molar-refractivity contribution is -0.141. The number of likely N-dealkylation sites (N-methyl/N-ethyl adjacent to an activating group) is 1. The molecule has 4 aromatic carbocycles. The minimum absolute atomic E-state index is 0.0488. The molecule has 0 aliphatic carbocycles. The molecule has 0 bridgehead atoms. The summed E-state index contributed by atoms with van der Waals surface area (Å²) in [5.74, 6) is -1.36. The molecule has 1 N–H and O–H groups in total. The Bertz CT molecular complexity index is 1640. The summed E-state index contributed by atoms with van der Waals surface area (Å²) in [5, 5.41) is 4.55. The van der Waals surface area contributed by atoms with Crippen molar-refractivity contribution in [3.8, 4) is 0 Å². The second kappa shape index (κ2) is 13.7. The summed E-state index contributed by atoms with van der Waals surface area (Å²) in [4.78, 5) is 28.9. The molecule has 0 aliphatic heterocycles. The van der Waals surface area contributed by atoms with Crippen molar-refractivity contribution in [2.75, 3.05) is 20.1 Å². The first-order chi connectivity index (χ1) is 20.1. The van der Waals surface area contributed by atoms with Crippen molar-refractivity contribution in [2.45, 2.75) is 37.8 Å². The number of nitrogens with zero attached hydrogens (tertiary/aromatic N) is 2. The molecule has 0 aromatic heterocycles. The van der Waals surface area contributed by atoms with Gasteiger partial charge >= 0.3 is 0 Å². The van der Waals surface area contributed by atoms with Crippen LogP contribution in [0.5, 0.6) is 0 Å². The molecule has 0 heterocycles. The van der Waals surface area contributed by atoms with E-state index in [9.17, 15) is 22.4 Å². The third kappa shape index (κ3) is 7.60. The van der Waals surface area contributed by atoms with E-state index in [2.05, 4.69) is 5.32 Å². The molecular formula is C33H36FN3O4S. The molecule has 4 rings (SSSR count). The maximum atomic E-state index is 14.8. The molecule has 2 amide bonds. The van der Waals surface area contributed by atoms with Crippen LogP contribution in [0.2, 0.25) is 0 Å². The van der Waals surface area contributed by atoms with Crippen molar-refractivity contribution < 1.29 is 22.4 Å². The smallest absolute Gasteiger partial charge is 0.243 e. The molecule has 0 radical (unpaired) electrons. The molecule has 0 fully saturated rings. The van der Waals surface area contributed by atoms with E-state index < -0.39 is 40.2 Å². The molecule has 0 saturated heterocycles. The number of nitrogens with one attached hydrogen (secondary N) is 1. The van der Waals surface area contributed by atoms with Crippen molar-refractivity contribution in [2.24, 2.45) is 5.92 Å². The third-order valence-electron chi connectivity index (χ3n) is 7.04. The van der Waals surface area contributed by atoms with Crippen molar-refractivity contribution in [3.63, 3.8) is 0 Å². The van der Waals surface area contributed by atoms with E-state index in [1.54, 1.807) is 30.3 Å². The van der Waals surface area contributed by atoms with Gasteiger partial charge in [0.05, 0.1) is 11.4 Å². The van der Waals surface area contributed by atoms with E-state index in [1.165, 1.54) is 24.1 Å². The van der Waals surface area contributed by atoms with Gasteiger partial charge < -0.3 is 10.2 Å².